The maximum Gasteiger partial charge on any atom is 0.330 e. The van der Waals surface area contributed by atoms with Gasteiger partial charge in [-0.2, -0.15) is 0 Å². The molecule has 0 N–H and O–H groups in total. The molecule has 1 aromatic carbocycles. The molecule has 19 heavy (non-hydrogen) atoms. The molecule has 0 unspecified atom stereocenters. The van der Waals surface area contributed by atoms with Crippen LogP contribution in [0.2, 0.25) is 0 Å². The number of hydrogen-bond donors (Lipinski definition) is 0. The maximum atomic E-state index is 11.1. The highest BCUT2D eigenvalue weighted by atomic mass is 16.5. The molecule has 4 nitrogen and oxygen atoms in total. The molecule has 0 saturated carbocycles. The molecular formula is C15H14N2O2. The largest absolute Gasteiger partial charge is 0.463 e. The van der Waals surface area contributed by atoms with E-state index in [1.165, 1.54) is 6.08 Å². The Hall–Kier alpha value is -2.49. The van der Waals surface area contributed by atoms with E-state index in [4.69, 9.17) is 4.74 Å². The van der Waals surface area contributed by atoms with Gasteiger partial charge in [-0.3, -0.25) is 4.98 Å². The molecule has 1 heterocycles. The molecule has 0 radical (unpaired) electrons. The van der Waals surface area contributed by atoms with Gasteiger partial charge in [0.25, 0.3) is 0 Å². The van der Waals surface area contributed by atoms with E-state index in [1.807, 2.05) is 24.3 Å². The Kier molecular flexibility index (Phi) is 4.39. The van der Waals surface area contributed by atoms with Gasteiger partial charge < -0.3 is 4.74 Å². The zero-order chi connectivity index (χ0) is 13.5. The predicted molar refractivity (Wildman–Crippen MR) is 74.3 cm³/mol. The van der Waals surface area contributed by atoms with E-state index in [0.717, 1.165) is 16.7 Å². The average molecular weight is 254 g/mol. The number of aromatic nitrogens is 2. The molecule has 2 aromatic rings. The second kappa shape index (κ2) is 6.44. The summed E-state index contributed by atoms with van der Waals surface area (Å²) in [6.45, 7) is 2.15. The van der Waals surface area contributed by atoms with Gasteiger partial charge in [0.05, 0.1) is 29.5 Å². The van der Waals surface area contributed by atoms with E-state index in [0.29, 0.717) is 6.61 Å². The fourth-order valence-electron chi connectivity index (χ4n) is 1.53. The molecule has 1 aromatic heterocycles. The van der Waals surface area contributed by atoms with E-state index in [9.17, 15) is 4.79 Å². The van der Waals surface area contributed by atoms with E-state index >= 15 is 0 Å². The first-order valence-electron chi connectivity index (χ1n) is 6.03. The molecule has 96 valence electrons. The van der Waals surface area contributed by atoms with Crippen molar-refractivity contribution in [2.45, 2.75) is 6.92 Å². The van der Waals surface area contributed by atoms with Gasteiger partial charge in [-0.1, -0.05) is 24.3 Å². The Morgan fingerprint density at radius 3 is 2.84 bits per heavy atom. The molecule has 0 atom stereocenters. The van der Waals surface area contributed by atoms with E-state index < -0.39 is 0 Å². The van der Waals surface area contributed by atoms with Crippen molar-refractivity contribution in [3.05, 3.63) is 54.4 Å². The minimum absolute atomic E-state index is 0.350. The summed E-state index contributed by atoms with van der Waals surface area (Å²) in [6, 6.07) is 7.67. The van der Waals surface area contributed by atoms with Crippen LogP contribution in [0.1, 0.15) is 12.6 Å². The third-order valence-electron chi connectivity index (χ3n) is 2.36. The summed E-state index contributed by atoms with van der Waals surface area (Å²) < 4.78 is 4.76. The summed E-state index contributed by atoms with van der Waals surface area (Å²) in [6.07, 6.45) is 8.20. The number of nitrogens with zero attached hydrogens (tertiary/aromatic N) is 2. The molecule has 0 aliphatic rings. The summed E-state index contributed by atoms with van der Waals surface area (Å²) in [5, 5.41) is 0. The molecule has 0 bridgehead atoms. The van der Waals surface area contributed by atoms with Crippen LogP contribution in [0.25, 0.3) is 17.1 Å². The first-order chi connectivity index (χ1) is 9.29. The van der Waals surface area contributed by atoms with Crippen LogP contribution >= 0.6 is 0 Å². The summed E-state index contributed by atoms with van der Waals surface area (Å²) >= 11 is 0. The van der Waals surface area contributed by atoms with Crippen molar-refractivity contribution in [2.75, 3.05) is 6.61 Å². The van der Waals surface area contributed by atoms with Gasteiger partial charge in [-0.05, 0) is 25.1 Å². The maximum absolute atomic E-state index is 11.1. The number of para-hydroxylation sites is 2. The SMILES string of the molecule is CCOC(=O)C=CC=Cc1cnc2ccccc2n1. The van der Waals surface area contributed by atoms with Crippen LogP contribution in [0.5, 0.6) is 0 Å². The lowest BCUT2D eigenvalue weighted by atomic mass is 10.3. The molecule has 0 aliphatic heterocycles. The lowest BCUT2D eigenvalue weighted by Crippen LogP contribution is -1.98. The van der Waals surface area contributed by atoms with Crippen LogP contribution in [0.4, 0.5) is 0 Å². The second-order valence-electron chi connectivity index (χ2n) is 3.75. The normalized spacial score (nSPS) is 11.4. The Labute approximate surface area is 111 Å². The standard InChI is InChI=1S/C15H14N2O2/c1-2-19-15(18)10-6-3-7-12-11-16-13-8-4-5-9-14(13)17-12/h3-11H,2H2,1H3. The first-order valence-corrected chi connectivity index (χ1v) is 6.03. The highest BCUT2D eigenvalue weighted by Crippen LogP contribution is 2.09. The number of fused-ring (bicyclic) bond motifs is 1. The summed E-state index contributed by atoms with van der Waals surface area (Å²) in [5.41, 5.74) is 2.45. The van der Waals surface area contributed by atoms with Gasteiger partial charge >= 0.3 is 5.97 Å². The molecule has 0 spiro atoms. The Bertz CT molecular complexity index is 633. The van der Waals surface area contributed by atoms with Crippen molar-refractivity contribution >= 4 is 23.1 Å². The number of benzene rings is 1. The monoisotopic (exact) mass is 254 g/mol. The number of hydrogen-bond acceptors (Lipinski definition) is 4. The van der Waals surface area contributed by atoms with Crippen LogP contribution in [-0.4, -0.2) is 22.5 Å². The van der Waals surface area contributed by atoms with Crippen molar-refractivity contribution < 1.29 is 9.53 Å². The summed E-state index contributed by atoms with van der Waals surface area (Å²) in [5.74, 6) is -0.350. The molecule has 0 aliphatic carbocycles. The Balaban J connectivity index is 2.06. The Morgan fingerprint density at radius 1 is 1.26 bits per heavy atom. The highest BCUT2D eigenvalue weighted by Gasteiger charge is 1.95. The van der Waals surface area contributed by atoms with E-state index in [2.05, 4.69) is 9.97 Å². The molecule has 0 fully saturated rings. The topological polar surface area (TPSA) is 52.1 Å². The Morgan fingerprint density at radius 2 is 2.05 bits per heavy atom. The molecule has 4 heteroatoms. The van der Waals surface area contributed by atoms with Crippen LogP contribution in [-0.2, 0) is 9.53 Å². The number of carbonyl (C=O) groups is 1. The summed E-state index contributed by atoms with van der Waals surface area (Å²) in [4.78, 5) is 19.8. The van der Waals surface area contributed by atoms with E-state index in [-0.39, 0.29) is 5.97 Å². The van der Waals surface area contributed by atoms with E-state index in [1.54, 1.807) is 31.3 Å². The van der Waals surface area contributed by atoms with Gasteiger partial charge in [-0.15, -0.1) is 0 Å². The van der Waals surface area contributed by atoms with Crippen molar-refractivity contribution in [1.29, 1.82) is 0 Å². The molecular weight excluding hydrogens is 240 g/mol. The minimum atomic E-state index is -0.350. The third-order valence-corrected chi connectivity index (χ3v) is 2.36. The van der Waals surface area contributed by atoms with Crippen molar-refractivity contribution in [3.8, 4) is 0 Å². The fraction of sp³-hybridized carbons (Fsp3) is 0.133. The fourth-order valence-corrected chi connectivity index (χ4v) is 1.53. The van der Waals surface area contributed by atoms with Gasteiger partial charge in [0.1, 0.15) is 0 Å². The zero-order valence-electron chi connectivity index (χ0n) is 10.6. The summed E-state index contributed by atoms with van der Waals surface area (Å²) in [7, 11) is 0. The van der Waals surface area contributed by atoms with Crippen LogP contribution in [0.15, 0.2) is 48.7 Å². The van der Waals surface area contributed by atoms with Gasteiger partial charge in [0.15, 0.2) is 0 Å². The first kappa shape index (κ1) is 13.0. The zero-order valence-corrected chi connectivity index (χ0v) is 10.6. The number of esters is 1. The highest BCUT2D eigenvalue weighted by molar-refractivity contribution is 5.82. The number of allylic oxidation sites excluding steroid dienone is 2. The van der Waals surface area contributed by atoms with Crippen molar-refractivity contribution in [1.82, 2.24) is 9.97 Å². The van der Waals surface area contributed by atoms with Crippen LogP contribution < -0.4 is 0 Å². The molecule has 2 rings (SSSR count). The second-order valence-corrected chi connectivity index (χ2v) is 3.75. The van der Waals surface area contributed by atoms with Crippen LogP contribution in [0, 0.1) is 0 Å². The smallest absolute Gasteiger partial charge is 0.330 e. The van der Waals surface area contributed by atoms with Gasteiger partial charge in [0, 0.05) is 6.08 Å². The third kappa shape index (κ3) is 3.74. The molecule has 0 saturated heterocycles. The predicted octanol–water partition coefficient (Wildman–Crippen LogP) is 2.76. The van der Waals surface area contributed by atoms with Gasteiger partial charge in [0.2, 0.25) is 0 Å². The van der Waals surface area contributed by atoms with Crippen molar-refractivity contribution in [3.63, 3.8) is 0 Å². The van der Waals surface area contributed by atoms with Crippen LogP contribution in [0.3, 0.4) is 0 Å². The number of carbonyl (C=O) groups excluding carboxylic acids is 1. The lowest BCUT2D eigenvalue weighted by Gasteiger charge is -1.96. The number of rotatable bonds is 4. The average Bonchev–Trinajstić information content (AvgIpc) is 2.44. The number of ether oxygens (including phenoxy) is 1. The lowest BCUT2D eigenvalue weighted by molar-refractivity contribution is -0.137. The van der Waals surface area contributed by atoms with Crippen molar-refractivity contribution in [2.24, 2.45) is 0 Å². The van der Waals surface area contributed by atoms with Gasteiger partial charge in [-0.25, -0.2) is 9.78 Å². The minimum Gasteiger partial charge on any atom is -0.463 e. The quantitative estimate of drug-likeness (QED) is 0.478. The molecule has 0 amide bonds.